The summed E-state index contributed by atoms with van der Waals surface area (Å²) >= 11 is 5.83. The summed E-state index contributed by atoms with van der Waals surface area (Å²) in [6.07, 6.45) is 1.18. The first-order valence-corrected chi connectivity index (χ1v) is 5.82. The van der Waals surface area contributed by atoms with Gasteiger partial charge < -0.3 is 10.0 Å². The summed E-state index contributed by atoms with van der Waals surface area (Å²) in [6, 6.07) is 3.45. The molecule has 1 aromatic rings. The fourth-order valence-electron chi connectivity index (χ4n) is 2.19. The van der Waals surface area contributed by atoms with Crippen molar-refractivity contribution in [3.63, 3.8) is 0 Å². The van der Waals surface area contributed by atoms with Gasteiger partial charge in [0.1, 0.15) is 11.7 Å². The van der Waals surface area contributed by atoms with Crippen molar-refractivity contribution in [2.45, 2.75) is 18.9 Å². The van der Waals surface area contributed by atoms with Crippen LogP contribution >= 0.6 is 11.6 Å². The fourth-order valence-corrected chi connectivity index (χ4v) is 2.36. The third-order valence-corrected chi connectivity index (χ3v) is 3.22. The number of rotatable bonds is 3. The minimum Gasteiger partial charge on any atom is -0.480 e. The Labute approximate surface area is 108 Å². The highest BCUT2D eigenvalue weighted by Gasteiger charge is 2.34. The van der Waals surface area contributed by atoms with E-state index in [0.717, 1.165) is 0 Å². The van der Waals surface area contributed by atoms with E-state index >= 15 is 0 Å². The first kappa shape index (κ1) is 12.6. The molecule has 0 saturated carbocycles. The molecule has 0 radical (unpaired) electrons. The molecule has 2 rings (SSSR count). The SMILES string of the molecule is O=C(O)C1CCCN1c1cc(Cl)ccc1[N+](=O)[O-]. The summed E-state index contributed by atoms with van der Waals surface area (Å²) in [6.45, 7) is 0.484. The lowest BCUT2D eigenvalue weighted by Crippen LogP contribution is -2.36. The zero-order valence-corrected chi connectivity index (χ0v) is 10.1. The first-order valence-electron chi connectivity index (χ1n) is 5.44. The van der Waals surface area contributed by atoms with Crippen LogP contribution in [0.3, 0.4) is 0 Å². The molecule has 1 aromatic carbocycles. The Bertz CT molecular complexity index is 506. The van der Waals surface area contributed by atoms with E-state index in [2.05, 4.69) is 0 Å². The number of anilines is 1. The van der Waals surface area contributed by atoms with E-state index in [9.17, 15) is 14.9 Å². The monoisotopic (exact) mass is 270 g/mol. The number of carbonyl (C=O) groups is 1. The second-order valence-corrected chi connectivity index (χ2v) is 4.52. The first-order chi connectivity index (χ1) is 8.50. The molecule has 1 saturated heterocycles. The normalized spacial score (nSPS) is 18.9. The third kappa shape index (κ3) is 2.24. The molecule has 1 atom stereocenters. The van der Waals surface area contributed by atoms with E-state index in [-0.39, 0.29) is 11.4 Å². The summed E-state index contributed by atoms with van der Waals surface area (Å²) in [5.74, 6) is -0.971. The molecule has 1 aliphatic rings. The van der Waals surface area contributed by atoms with Gasteiger partial charge in [-0.2, -0.15) is 0 Å². The molecule has 0 aromatic heterocycles. The van der Waals surface area contributed by atoms with E-state index in [1.807, 2.05) is 0 Å². The Kier molecular flexibility index (Phi) is 3.38. The maximum Gasteiger partial charge on any atom is 0.326 e. The number of halogens is 1. The molecule has 0 bridgehead atoms. The quantitative estimate of drug-likeness (QED) is 0.673. The molecule has 0 amide bonds. The van der Waals surface area contributed by atoms with Crippen molar-refractivity contribution >= 4 is 28.9 Å². The third-order valence-electron chi connectivity index (χ3n) is 2.98. The van der Waals surface area contributed by atoms with Crippen molar-refractivity contribution < 1.29 is 14.8 Å². The van der Waals surface area contributed by atoms with Gasteiger partial charge in [-0.3, -0.25) is 10.1 Å². The summed E-state index contributed by atoms with van der Waals surface area (Å²) < 4.78 is 0. The zero-order chi connectivity index (χ0) is 13.3. The Hall–Kier alpha value is -1.82. The molecule has 0 aliphatic carbocycles. The van der Waals surface area contributed by atoms with E-state index in [4.69, 9.17) is 16.7 Å². The summed E-state index contributed by atoms with van der Waals surface area (Å²) in [5.41, 5.74) is 0.157. The highest BCUT2D eigenvalue weighted by molar-refractivity contribution is 6.31. The van der Waals surface area contributed by atoms with E-state index in [1.165, 1.54) is 23.1 Å². The minimum atomic E-state index is -0.971. The Morgan fingerprint density at radius 2 is 2.28 bits per heavy atom. The van der Waals surface area contributed by atoms with Crippen molar-refractivity contribution in [3.05, 3.63) is 33.3 Å². The number of carboxylic acid groups (broad SMARTS) is 1. The highest BCUT2D eigenvalue weighted by Crippen LogP contribution is 2.35. The average Bonchev–Trinajstić information content (AvgIpc) is 2.77. The van der Waals surface area contributed by atoms with Crippen molar-refractivity contribution in [2.24, 2.45) is 0 Å². The van der Waals surface area contributed by atoms with Gasteiger partial charge in [0.05, 0.1) is 4.92 Å². The summed E-state index contributed by atoms with van der Waals surface area (Å²) in [7, 11) is 0. The molecule has 7 heteroatoms. The van der Waals surface area contributed by atoms with Crippen LogP contribution in [0.4, 0.5) is 11.4 Å². The standard InChI is InChI=1S/C11H11ClN2O4/c12-7-3-4-8(14(17)18)10(6-7)13-5-1-2-9(13)11(15)16/h3-4,6,9H,1-2,5H2,(H,15,16). The molecule has 1 heterocycles. The molecule has 0 spiro atoms. The maximum absolute atomic E-state index is 11.1. The predicted octanol–water partition coefficient (Wildman–Crippen LogP) is 2.30. The number of hydrogen-bond acceptors (Lipinski definition) is 4. The molecule has 6 nitrogen and oxygen atoms in total. The predicted molar refractivity (Wildman–Crippen MR) is 66.1 cm³/mol. The molecule has 1 N–H and O–H groups in total. The Balaban J connectivity index is 2.46. The zero-order valence-electron chi connectivity index (χ0n) is 9.38. The van der Waals surface area contributed by atoms with Crippen LogP contribution in [0.25, 0.3) is 0 Å². The van der Waals surface area contributed by atoms with Crippen LogP contribution in [-0.4, -0.2) is 28.6 Å². The van der Waals surface area contributed by atoms with Gasteiger partial charge in [-0.15, -0.1) is 0 Å². The van der Waals surface area contributed by atoms with Crippen molar-refractivity contribution in [1.82, 2.24) is 0 Å². The minimum absolute atomic E-state index is 0.118. The molecular formula is C11H11ClN2O4. The number of carboxylic acids is 1. The number of nitrogens with zero attached hydrogens (tertiary/aromatic N) is 2. The Morgan fingerprint density at radius 3 is 2.89 bits per heavy atom. The van der Waals surface area contributed by atoms with E-state index < -0.39 is 16.9 Å². The van der Waals surface area contributed by atoms with Crippen LogP contribution < -0.4 is 4.90 Å². The lowest BCUT2D eigenvalue weighted by atomic mass is 10.2. The lowest BCUT2D eigenvalue weighted by molar-refractivity contribution is -0.384. The van der Waals surface area contributed by atoms with Crippen LogP contribution in [-0.2, 0) is 4.79 Å². The van der Waals surface area contributed by atoms with Crippen LogP contribution in [0.5, 0.6) is 0 Å². The maximum atomic E-state index is 11.1. The van der Waals surface area contributed by atoms with Gasteiger partial charge in [0, 0.05) is 17.6 Å². The average molecular weight is 271 g/mol. The second-order valence-electron chi connectivity index (χ2n) is 4.08. The largest absolute Gasteiger partial charge is 0.480 e. The van der Waals surface area contributed by atoms with Gasteiger partial charge in [-0.25, -0.2) is 4.79 Å². The van der Waals surface area contributed by atoms with Crippen LogP contribution in [0, 0.1) is 10.1 Å². The second kappa shape index (κ2) is 4.81. The molecular weight excluding hydrogens is 260 g/mol. The van der Waals surface area contributed by atoms with Crippen molar-refractivity contribution in [2.75, 3.05) is 11.4 Å². The van der Waals surface area contributed by atoms with Crippen LogP contribution in [0.15, 0.2) is 18.2 Å². The van der Waals surface area contributed by atoms with Crippen LogP contribution in [0.2, 0.25) is 5.02 Å². The molecule has 96 valence electrons. The summed E-state index contributed by atoms with van der Waals surface area (Å²) in [4.78, 5) is 23.1. The summed E-state index contributed by atoms with van der Waals surface area (Å²) in [5, 5.41) is 20.4. The van der Waals surface area contributed by atoms with Gasteiger partial charge in [-0.1, -0.05) is 11.6 Å². The number of nitro benzene ring substituents is 1. The number of nitro groups is 1. The number of benzene rings is 1. The van der Waals surface area contributed by atoms with Gasteiger partial charge in [0.25, 0.3) is 5.69 Å². The molecule has 18 heavy (non-hydrogen) atoms. The van der Waals surface area contributed by atoms with Crippen molar-refractivity contribution in [3.8, 4) is 0 Å². The highest BCUT2D eigenvalue weighted by atomic mass is 35.5. The molecule has 1 unspecified atom stereocenters. The van der Waals surface area contributed by atoms with Crippen molar-refractivity contribution in [1.29, 1.82) is 0 Å². The van der Waals surface area contributed by atoms with Crippen LogP contribution in [0.1, 0.15) is 12.8 Å². The van der Waals surface area contributed by atoms with Gasteiger partial charge in [-0.05, 0) is 25.0 Å². The molecule has 1 fully saturated rings. The Morgan fingerprint density at radius 1 is 1.56 bits per heavy atom. The number of aliphatic carboxylic acids is 1. The van der Waals surface area contributed by atoms with Gasteiger partial charge in [0.15, 0.2) is 0 Å². The number of hydrogen-bond donors (Lipinski definition) is 1. The van der Waals surface area contributed by atoms with E-state index in [1.54, 1.807) is 0 Å². The smallest absolute Gasteiger partial charge is 0.326 e. The molecule has 1 aliphatic heterocycles. The lowest BCUT2D eigenvalue weighted by Gasteiger charge is -2.23. The van der Waals surface area contributed by atoms with E-state index in [0.29, 0.717) is 24.4 Å². The van der Waals surface area contributed by atoms with Gasteiger partial charge in [0.2, 0.25) is 0 Å². The topological polar surface area (TPSA) is 83.7 Å². The van der Waals surface area contributed by atoms with Gasteiger partial charge >= 0.3 is 5.97 Å². The fraction of sp³-hybridized carbons (Fsp3) is 0.364.